The quantitative estimate of drug-likeness (QED) is 0.871. The summed E-state index contributed by atoms with van der Waals surface area (Å²) in [7, 11) is 0. The van der Waals surface area contributed by atoms with Gasteiger partial charge in [0, 0.05) is 17.1 Å². The molecule has 0 aromatic carbocycles. The van der Waals surface area contributed by atoms with Gasteiger partial charge in [-0.25, -0.2) is 0 Å². The normalized spacial score (nSPS) is 34.1. The van der Waals surface area contributed by atoms with Gasteiger partial charge in [0.05, 0.1) is 0 Å². The number of nitrogens with zero attached hydrogens (tertiary/aromatic N) is 1. The topological polar surface area (TPSA) is 40.5 Å². The zero-order valence-corrected chi connectivity index (χ0v) is 11.7. The number of aliphatic carboxylic acids is 1. The van der Waals surface area contributed by atoms with E-state index in [-0.39, 0.29) is 6.04 Å². The Labute approximate surface area is 111 Å². The third-order valence-corrected chi connectivity index (χ3v) is 4.40. The van der Waals surface area contributed by atoms with Gasteiger partial charge in [0.15, 0.2) is 0 Å². The Bertz CT molecular complexity index is 319. The number of piperidine rings is 1. The van der Waals surface area contributed by atoms with Crippen LogP contribution in [-0.2, 0) is 4.79 Å². The Morgan fingerprint density at radius 1 is 1.29 bits per heavy atom. The van der Waals surface area contributed by atoms with Crippen LogP contribution in [0.2, 0.25) is 0 Å². The molecule has 1 aliphatic heterocycles. The Balaban J connectivity index is 2.15. The van der Waals surface area contributed by atoms with Gasteiger partial charge in [0.1, 0.15) is 6.04 Å². The molecule has 4 heteroatoms. The molecule has 0 aromatic rings. The maximum atomic E-state index is 11.3. The molecule has 1 aliphatic carbocycles. The molecule has 3 atom stereocenters. The first kappa shape index (κ1) is 13.1. The van der Waals surface area contributed by atoms with Crippen LogP contribution < -0.4 is 0 Å². The lowest BCUT2D eigenvalue weighted by Gasteiger charge is -2.47. The summed E-state index contributed by atoms with van der Waals surface area (Å²) < 4.78 is 0.884. The number of rotatable bonds is 3. The highest BCUT2D eigenvalue weighted by Gasteiger charge is 2.41. The number of carboxylic acids is 1. The van der Waals surface area contributed by atoms with Gasteiger partial charge in [-0.15, -0.1) is 0 Å². The largest absolute Gasteiger partial charge is 0.480 e. The van der Waals surface area contributed by atoms with E-state index in [0.717, 1.165) is 23.7 Å². The van der Waals surface area contributed by atoms with E-state index in [0.29, 0.717) is 18.5 Å². The zero-order valence-electron chi connectivity index (χ0n) is 10.1. The maximum absolute atomic E-state index is 11.3. The van der Waals surface area contributed by atoms with Gasteiger partial charge in [-0.1, -0.05) is 35.4 Å². The summed E-state index contributed by atoms with van der Waals surface area (Å²) in [6.45, 7) is 4.53. The van der Waals surface area contributed by atoms with Crippen molar-refractivity contribution in [1.29, 1.82) is 0 Å². The lowest BCUT2D eigenvalue weighted by Crippen LogP contribution is -2.55. The third-order valence-electron chi connectivity index (χ3n) is 4.15. The van der Waals surface area contributed by atoms with Crippen molar-refractivity contribution in [2.45, 2.75) is 50.6 Å². The predicted molar refractivity (Wildman–Crippen MR) is 71.2 cm³/mol. The monoisotopic (exact) mass is 301 g/mol. The standard InChI is InChI=1S/C13H20BrNO2/c1-9(14)8-15-11-5-3-2-4-10(11)6-7-12(15)13(16)17/h10-12H,1-8H2,(H,16,17). The highest BCUT2D eigenvalue weighted by Crippen LogP contribution is 2.38. The fourth-order valence-corrected chi connectivity index (χ4v) is 3.71. The number of halogens is 1. The molecule has 2 fully saturated rings. The molecule has 0 aromatic heterocycles. The van der Waals surface area contributed by atoms with E-state index >= 15 is 0 Å². The molecule has 0 spiro atoms. The molecular formula is C13H20BrNO2. The van der Waals surface area contributed by atoms with E-state index < -0.39 is 5.97 Å². The zero-order chi connectivity index (χ0) is 12.4. The maximum Gasteiger partial charge on any atom is 0.320 e. The summed E-state index contributed by atoms with van der Waals surface area (Å²) >= 11 is 3.37. The van der Waals surface area contributed by atoms with Gasteiger partial charge in [0.25, 0.3) is 0 Å². The van der Waals surface area contributed by atoms with Crippen LogP contribution in [0.1, 0.15) is 38.5 Å². The molecule has 3 nitrogen and oxygen atoms in total. The first-order valence-corrected chi connectivity index (χ1v) is 7.20. The van der Waals surface area contributed by atoms with Gasteiger partial charge in [-0.3, -0.25) is 9.69 Å². The molecule has 1 saturated carbocycles. The van der Waals surface area contributed by atoms with Gasteiger partial charge in [0.2, 0.25) is 0 Å². The van der Waals surface area contributed by atoms with Crippen LogP contribution in [0.15, 0.2) is 11.1 Å². The molecule has 2 rings (SSSR count). The SMILES string of the molecule is C=C(Br)CN1C(C(=O)O)CCC2CCCCC21. The summed E-state index contributed by atoms with van der Waals surface area (Å²) in [4.78, 5) is 13.5. The van der Waals surface area contributed by atoms with Gasteiger partial charge < -0.3 is 5.11 Å². The fourth-order valence-electron chi connectivity index (χ4n) is 3.42. The average Bonchev–Trinajstić information content (AvgIpc) is 2.28. The summed E-state index contributed by atoms with van der Waals surface area (Å²) in [5.41, 5.74) is 0. The molecule has 1 saturated heterocycles. The molecule has 0 bridgehead atoms. The highest BCUT2D eigenvalue weighted by molar-refractivity contribution is 9.11. The van der Waals surface area contributed by atoms with Crippen molar-refractivity contribution in [3.8, 4) is 0 Å². The molecule has 96 valence electrons. The second-order valence-corrected chi connectivity index (χ2v) is 6.35. The van der Waals surface area contributed by atoms with Crippen molar-refractivity contribution in [1.82, 2.24) is 4.90 Å². The lowest BCUT2D eigenvalue weighted by molar-refractivity contribution is -0.147. The summed E-state index contributed by atoms with van der Waals surface area (Å²) in [6.07, 6.45) is 6.82. The van der Waals surface area contributed by atoms with Crippen LogP contribution in [0.25, 0.3) is 0 Å². The summed E-state index contributed by atoms with van der Waals surface area (Å²) in [6, 6.07) is 0.136. The minimum absolute atomic E-state index is 0.316. The average molecular weight is 302 g/mol. The lowest BCUT2D eigenvalue weighted by atomic mass is 9.76. The van der Waals surface area contributed by atoms with Crippen molar-refractivity contribution in [2.24, 2.45) is 5.92 Å². The van der Waals surface area contributed by atoms with E-state index in [1.54, 1.807) is 0 Å². The van der Waals surface area contributed by atoms with Crippen molar-refractivity contribution in [2.75, 3.05) is 6.54 Å². The molecule has 2 aliphatic rings. The molecule has 1 heterocycles. The second kappa shape index (κ2) is 5.53. The fraction of sp³-hybridized carbons (Fsp3) is 0.769. The van der Waals surface area contributed by atoms with Crippen LogP contribution in [-0.4, -0.2) is 34.6 Å². The van der Waals surface area contributed by atoms with Crippen LogP contribution in [0.3, 0.4) is 0 Å². The summed E-state index contributed by atoms with van der Waals surface area (Å²) in [5.74, 6) is 0.0222. The first-order valence-electron chi connectivity index (χ1n) is 6.41. The van der Waals surface area contributed by atoms with E-state index in [4.69, 9.17) is 0 Å². The van der Waals surface area contributed by atoms with Crippen LogP contribution in [0, 0.1) is 5.92 Å². The molecular weight excluding hydrogens is 282 g/mol. The highest BCUT2D eigenvalue weighted by atomic mass is 79.9. The number of carbonyl (C=O) groups is 1. The van der Waals surface area contributed by atoms with Crippen LogP contribution in [0.4, 0.5) is 0 Å². The summed E-state index contributed by atoms with van der Waals surface area (Å²) in [5, 5.41) is 9.33. The predicted octanol–water partition coefficient (Wildman–Crippen LogP) is 3.00. The minimum atomic E-state index is -0.678. The number of hydrogen-bond donors (Lipinski definition) is 1. The minimum Gasteiger partial charge on any atom is -0.480 e. The van der Waals surface area contributed by atoms with Crippen molar-refractivity contribution in [3.63, 3.8) is 0 Å². The second-order valence-electron chi connectivity index (χ2n) is 5.23. The molecule has 3 unspecified atom stereocenters. The van der Waals surface area contributed by atoms with Crippen molar-refractivity contribution < 1.29 is 9.90 Å². The molecule has 1 N–H and O–H groups in total. The van der Waals surface area contributed by atoms with Gasteiger partial charge in [-0.05, 0) is 31.6 Å². The van der Waals surface area contributed by atoms with E-state index in [1.165, 1.54) is 19.3 Å². The van der Waals surface area contributed by atoms with E-state index in [2.05, 4.69) is 27.4 Å². The number of hydrogen-bond acceptors (Lipinski definition) is 2. The number of fused-ring (bicyclic) bond motifs is 1. The molecule has 0 radical (unpaired) electrons. The smallest absolute Gasteiger partial charge is 0.320 e. The number of likely N-dealkylation sites (tertiary alicyclic amines) is 1. The van der Waals surface area contributed by atoms with Gasteiger partial charge >= 0.3 is 5.97 Å². The Morgan fingerprint density at radius 3 is 2.65 bits per heavy atom. The number of carboxylic acid groups (broad SMARTS) is 1. The molecule has 17 heavy (non-hydrogen) atoms. The Kier molecular flexibility index (Phi) is 4.26. The Morgan fingerprint density at radius 2 is 2.00 bits per heavy atom. The Hall–Kier alpha value is -0.350. The third kappa shape index (κ3) is 2.91. The van der Waals surface area contributed by atoms with Gasteiger partial charge in [-0.2, -0.15) is 0 Å². The van der Waals surface area contributed by atoms with Crippen molar-refractivity contribution in [3.05, 3.63) is 11.1 Å². The van der Waals surface area contributed by atoms with Crippen molar-refractivity contribution >= 4 is 21.9 Å². The first-order chi connectivity index (χ1) is 8.09. The molecule has 0 amide bonds. The van der Waals surface area contributed by atoms with Crippen LogP contribution >= 0.6 is 15.9 Å². The van der Waals surface area contributed by atoms with E-state index in [9.17, 15) is 9.90 Å². The van der Waals surface area contributed by atoms with E-state index in [1.807, 2.05) is 0 Å². The van der Waals surface area contributed by atoms with Crippen LogP contribution in [0.5, 0.6) is 0 Å².